The van der Waals surface area contributed by atoms with E-state index in [4.69, 9.17) is 0 Å². The Kier molecular flexibility index (Phi) is 5.86. The zero-order chi connectivity index (χ0) is 19.4. The molecule has 1 aliphatic rings. The fourth-order valence-electron chi connectivity index (χ4n) is 3.24. The first-order valence-corrected chi connectivity index (χ1v) is 10.3. The largest absolute Gasteiger partial charge is 0.339 e. The van der Waals surface area contributed by atoms with E-state index < -0.39 is 15.8 Å². The topological polar surface area (TPSA) is 79.4 Å². The Labute approximate surface area is 158 Å². The summed E-state index contributed by atoms with van der Waals surface area (Å²) in [5, 5.41) is 0. The summed E-state index contributed by atoms with van der Waals surface area (Å²) in [5.74, 6) is -0.335. The van der Waals surface area contributed by atoms with Crippen molar-refractivity contribution in [2.45, 2.75) is 24.7 Å². The van der Waals surface area contributed by atoms with Crippen LogP contribution in [-0.2, 0) is 10.0 Å². The van der Waals surface area contributed by atoms with E-state index in [9.17, 15) is 17.6 Å². The van der Waals surface area contributed by atoms with Crippen LogP contribution in [-0.4, -0.2) is 43.8 Å². The van der Waals surface area contributed by atoms with Gasteiger partial charge in [0.15, 0.2) is 0 Å². The summed E-state index contributed by atoms with van der Waals surface area (Å²) < 4.78 is 40.7. The molecule has 0 radical (unpaired) electrons. The number of pyridine rings is 1. The molecule has 2 heterocycles. The van der Waals surface area contributed by atoms with Gasteiger partial charge in [0.25, 0.3) is 5.91 Å². The number of nitrogens with zero attached hydrogens (tertiary/aromatic N) is 2. The summed E-state index contributed by atoms with van der Waals surface area (Å²) >= 11 is 0. The molecule has 3 rings (SSSR count). The van der Waals surface area contributed by atoms with E-state index in [-0.39, 0.29) is 16.7 Å². The summed E-state index contributed by atoms with van der Waals surface area (Å²) in [4.78, 5) is 18.2. The summed E-state index contributed by atoms with van der Waals surface area (Å²) in [6.45, 7) is 3.05. The minimum absolute atomic E-state index is 0.0293. The molecule has 1 saturated heterocycles. The maximum absolute atomic E-state index is 13.2. The molecule has 8 heteroatoms. The van der Waals surface area contributed by atoms with Crippen LogP contribution in [0.4, 0.5) is 4.39 Å². The van der Waals surface area contributed by atoms with Crippen LogP contribution in [0.2, 0.25) is 0 Å². The maximum atomic E-state index is 13.2. The van der Waals surface area contributed by atoms with Gasteiger partial charge in [0.05, 0.1) is 4.90 Å². The number of piperidine rings is 1. The highest BCUT2D eigenvalue weighted by molar-refractivity contribution is 7.89. The third kappa shape index (κ3) is 4.70. The van der Waals surface area contributed by atoms with Gasteiger partial charge in [0, 0.05) is 37.6 Å². The van der Waals surface area contributed by atoms with E-state index in [0.717, 1.165) is 18.9 Å². The van der Waals surface area contributed by atoms with Crippen molar-refractivity contribution in [1.82, 2.24) is 14.6 Å². The molecule has 1 aliphatic heterocycles. The average molecular weight is 391 g/mol. The lowest BCUT2D eigenvalue weighted by Crippen LogP contribution is -2.41. The van der Waals surface area contributed by atoms with Crippen molar-refractivity contribution in [3.8, 4) is 0 Å². The SMILES string of the molecule is Cc1cc(F)ccc1S(=O)(=O)NCC1CCN(C(=O)c2ccncc2)CC1. The van der Waals surface area contributed by atoms with E-state index >= 15 is 0 Å². The standard InChI is InChI=1S/C19H22FN3O3S/c1-14-12-17(20)2-3-18(14)27(25,26)22-13-15-6-10-23(11-7-15)19(24)16-4-8-21-9-5-16/h2-5,8-9,12,15,22H,6-7,10-11,13H2,1H3. The van der Waals surface area contributed by atoms with Crippen molar-refractivity contribution < 1.29 is 17.6 Å². The Morgan fingerprint density at radius 2 is 1.89 bits per heavy atom. The van der Waals surface area contributed by atoms with E-state index in [0.29, 0.717) is 30.8 Å². The van der Waals surface area contributed by atoms with Crippen molar-refractivity contribution in [1.29, 1.82) is 0 Å². The molecule has 1 aromatic carbocycles. The fourth-order valence-corrected chi connectivity index (χ4v) is 4.58. The second-order valence-electron chi connectivity index (χ2n) is 6.73. The summed E-state index contributed by atoms with van der Waals surface area (Å²) in [6.07, 6.45) is 4.63. The van der Waals surface area contributed by atoms with Gasteiger partial charge in [0.2, 0.25) is 10.0 Å². The van der Waals surface area contributed by atoms with Crippen molar-refractivity contribution in [3.63, 3.8) is 0 Å². The van der Waals surface area contributed by atoms with Gasteiger partial charge in [-0.15, -0.1) is 0 Å². The van der Waals surface area contributed by atoms with Crippen LogP contribution < -0.4 is 4.72 Å². The van der Waals surface area contributed by atoms with E-state index in [1.807, 2.05) is 0 Å². The average Bonchev–Trinajstić information content (AvgIpc) is 2.67. The Hall–Kier alpha value is -2.32. The van der Waals surface area contributed by atoms with Crippen LogP contribution >= 0.6 is 0 Å². The van der Waals surface area contributed by atoms with Crippen molar-refractivity contribution in [2.24, 2.45) is 5.92 Å². The third-order valence-electron chi connectivity index (χ3n) is 4.82. The number of carbonyl (C=O) groups is 1. The van der Waals surface area contributed by atoms with E-state index in [2.05, 4.69) is 9.71 Å². The van der Waals surface area contributed by atoms with E-state index in [1.165, 1.54) is 12.1 Å². The minimum Gasteiger partial charge on any atom is -0.339 e. The molecule has 1 amide bonds. The highest BCUT2D eigenvalue weighted by Gasteiger charge is 2.25. The molecule has 1 N–H and O–H groups in total. The van der Waals surface area contributed by atoms with Crippen LogP contribution in [0.25, 0.3) is 0 Å². The monoisotopic (exact) mass is 391 g/mol. The summed E-state index contributed by atoms with van der Waals surface area (Å²) in [6, 6.07) is 7.01. The highest BCUT2D eigenvalue weighted by atomic mass is 32.2. The lowest BCUT2D eigenvalue weighted by molar-refractivity contribution is 0.0692. The predicted molar refractivity (Wildman–Crippen MR) is 99.2 cm³/mol. The summed E-state index contributed by atoms with van der Waals surface area (Å²) in [5.41, 5.74) is 0.983. The number of rotatable bonds is 5. The number of aryl methyl sites for hydroxylation is 1. The number of benzene rings is 1. The maximum Gasteiger partial charge on any atom is 0.253 e. The van der Waals surface area contributed by atoms with Crippen molar-refractivity contribution in [2.75, 3.05) is 19.6 Å². The molecule has 0 bridgehead atoms. The molecule has 2 aromatic rings. The van der Waals surface area contributed by atoms with Gasteiger partial charge >= 0.3 is 0 Å². The molecule has 0 saturated carbocycles. The molecule has 0 atom stereocenters. The number of likely N-dealkylation sites (tertiary alicyclic amines) is 1. The van der Waals surface area contributed by atoms with Crippen LogP contribution in [0.5, 0.6) is 0 Å². The zero-order valence-corrected chi connectivity index (χ0v) is 15.9. The quantitative estimate of drug-likeness (QED) is 0.849. The molecular formula is C19H22FN3O3S. The second-order valence-corrected chi connectivity index (χ2v) is 8.47. The molecule has 1 fully saturated rings. The number of halogens is 1. The van der Waals surface area contributed by atoms with Gasteiger partial charge in [0.1, 0.15) is 5.82 Å². The van der Waals surface area contributed by atoms with Crippen LogP contribution in [0.15, 0.2) is 47.6 Å². The first kappa shape index (κ1) is 19.4. The fraction of sp³-hybridized carbons (Fsp3) is 0.368. The smallest absolute Gasteiger partial charge is 0.253 e. The molecule has 144 valence electrons. The number of carbonyl (C=O) groups excluding carboxylic acids is 1. The van der Waals surface area contributed by atoms with Crippen LogP contribution in [0.3, 0.4) is 0 Å². The van der Waals surface area contributed by atoms with Crippen molar-refractivity contribution in [3.05, 3.63) is 59.7 Å². The number of hydrogen-bond acceptors (Lipinski definition) is 4. The highest BCUT2D eigenvalue weighted by Crippen LogP contribution is 2.20. The van der Waals surface area contributed by atoms with Gasteiger partial charge in [-0.2, -0.15) is 0 Å². The van der Waals surface area contributed by atoms with Crippen LogP contribution in [0, 0.1) is 18.7 Å². The number of hydrogen-bond donors (Lipinski definition) is 1. The molecule has 0 spiro atoms. The van der Waals surface area contributed by atoms with Gasteiger partial charge in [-0.05, 0) is 61.6 Å². The lowest BCUT2D eigenvalue weighted by atomic mass is 9.97. The molecule has 0 unspecified atom stereocenters. The van der Waals surface area contributed by atoms with Gasteiger partial charge < -0.3 is 4.90 Å². The van der Waals surface area contributed by atoms with Gasteiger partial charge in [-0.1, -0.05) is 0 Å². The Morgan fingerprint density at radius 1 is 1.22 bits per heavy atom. The number of aromatic nitrogens is 1. The number of nitrogens with one attached hydrogen (secondary N) is 1. The molecule has 0 aliphatic carbocycles. The molecule has 6 nitrogen and oxygen atoms in total. The van der Waals surface area contributed by atoms with Crippen molar-refractivity contribution >= 4 is 15.9 Å². The first-order valence-electron chi connectivity index (χ1n) is 8.82. The number of sulfonamides is 1. The first-order chi connectivity index (χ1) is 12.9. The Balaban J connectivity index is 1.54. The summed E-state index contributed by atoms with van der Waals surface area (Å²) in [7, 11) is -3.68. The Bertz CT molecular complexity index is 911. The van der Waals surface area contributed by atoms with Gasteiger partial charge in [-0.3, -0.25) is 9.78 Å². The lowest BCUT2D eigenvalue weighted by Gasteiger charge is -2.32. The van der Waals surface area contributed by atoms with E-state index in [1.54, 1.807) is 36.4 Å². The molecule has 1 aromatic heterocycles. The zero-order valence-electron chi connectivity index (χ0n) is 15.1. The second kappa shape index (κ2) is 8.14. The van der Waals surface area contributed by atoms with Crippen LogP contribution in [0.1, 0.15) is 28.8 Å². The molecular weight excluding hydrogens is 369 g/mol. The normalized spacial score (nSPS) is 15.7. The predicted octanol–water partition coefficient (Wildman–Crippen LogP) is 2.36. The minimum atomic E-state index is -3.68. The van der Waals surface area contributed by atoms with Gasteiger partial charge in [-0.25, -0.2) is 17.5 Å². The Morgan fingerprint density at radius 3 is 2.52 bits per heavy atom. The number of amides is 1. The third-order valence-corrected chi connectivity index (χ3v) is 6.40. The molecule has 27 heavy (non-hydrogen) atoms.